The fraction of sp³-hybridized carbons (Fsp3) is 0.500. The molecule has 1 aromatic carbocycles. The zero-order chi connectivity index (χ0) is 30.5. The first kappa shape index (κ1) is 29.1. The van der Waals surface area contributed by atoms with Crippen LogP contribution in [0, 0.1) is 5.41 Å². The van der Waals surface area contributed by atoms with E-state index in [1.807, 2.05) is 0 Å². The topological polar surface area (TPSA) is 109 Å². The van der Waals surface area contributed by atoms with Crippen molar-refractivity contribution in [3.8, 4) is 0 Å². The molecule has 2 aromatic heterocycles. The van der Waals surface area contributed by atoms with Crippen LogP contribution < -0.4 is 14.9 Å². The third-order valence-electron chi connectivity index (χ3n) is 8.58. The number of nitrogens with zero attached hydrogens (tertiary/aromatic N) is 4. The molecule has 0 spiro atoms. The number of benzene rings is 1. The van der Waals surface area contributed by atoms with E-state index in [4.69, 9.17) is 11.6 Å². The molecule has 226 valence electrons. The SMILES string of the molecule is C[C@@]1(C(F)(F)F)CN(c2ccc([C@H]3C(F)(F)[C@]3(C)C(=O)NCCNS(=O)(=O)C3CC3)cc2)c2cnc3cc(Cl)nn3c21. The highest BCUT2D eigenvalue weighted by Gasteiger charge is 2.82. The number of carbonyl (C=O) groups is 1. The van der Waals surface area contributed by atoms with Crippen LogP contribution in [0.4, 0.5) is 33.3 Å². The highest BCUT2D eigenvalue weighted by Crippen LogP contribution is 2.71. The number of amides is 1. The van der Waals surface area contributed by atoms with Gasteiger partial charge in [0, 0.05) is 31.4 Å². The van der Waals surface area contributed by atoms with Gasteiger partial charge in [-0.3, -0.25) is 4.79 Å². The van der Waals surface area contributed by atoms with Crippen LogP contribution >= 0.6 is 11.6 Å². The van der Waals surface area contributed by atoms with E-state index in [-0.39, 0.29) is 40.8 Å². The Bertz CT molecular complexity index is 1690. The van der Waals surface area contributed by atoms with E-state index in [2.05, 4.69) is 20.1 Å². The predicted molar refractivity (Wildman–Crippen MR) is 144 cm³/mol. The van der Waals surface area contributed by atoms with E-state index in [0.29, 0.717) is 18.5 Å². The maximum atomic E-state index is 15.0. The number of hydrogen-bond acceptors (Lipinski definition) is 6. The number of halogens is 6. The molecule has 0 bridgehead atoms. The lowest BCUT2D eigenvalue weighted by molar-refractivity contribution is -0.181. The number of rotatable bonds is 8. The number of anilines is 2. The summed E-state index contributed by atoms with van der Waals surface area (Å²) in [4.78, 5) is 18.4. The summed E-state index contributed by atoms with van der Waals surface area (Å²) in [5, 5.41) is 5.94. The molecular formula is C26H26ClF5N6O3S. The molecule has 3 atom stereocenters. The molecule has 0 saturated heterocycles. The van der Waals surface area contributed by atoms with Crippen LogP contribution in [-0.4, -0.2) is 65.9 Å². The van der Waals surface area contributed by atoms with Gasteiger partial charge in [0.1, 0.15) is 10.8 Å². The zero-order valence-corrected chi connectivity index (χ0v) is 23.9. The molecule has 42 heavy (non-hydrogen) atoms. The minimum absolute atomic E-state index is 0.0137. The molecular weight excluding hydrogens is 607 g/mol. The Morgan fingerprint density at radius 2 is 1.81 bits per heavy atom. The summed E-state index contributed by atoms with van der Waals surface area (Å²) in [5.74, 6) is -5.79. The number of nitrogens with one attached hydrogen (secondary N) is 2. The fourth-order valence-corrected chi connectivity index (χ4v) is 7.35. The van der Waals surface area contributed by atoms with Gasteiger partial charge in [0.25, 0.3) is 5.92 Å². The van der Waals surface area contributed by atoms with Crippen molar-refractivity contribution in [3.05, 3.63) is 52.9 Å². The maximum absolute atomic E-state index is 15.0. The molecule has 2 saturated carbocycles. The predicted octanol–water partition coefficient (Wildman–Crippen LogP) is 4.29. The zero-order valence-electron chi connectivity index (χ0n) is 22.3. The fourth-order valence-electron chi connectivity index (χ4n) is 5.79. The Kier molecular flexibility index (Phi) is 6.38. The average Bonchev–Trinajstić information content (AvgIpc) is 3.75. The highest BCUT2D eigenvalue weighted by atomic mass is 35.5. The number of sulfonamides is 1. The third kappa shape index (κ3) is 4.26. The summed E-state index contributed by atoms with van der Waals surface area (Å²) in [5.41, 5.74) is -3.81. The average molecular weight is 633 g/mol. The Hall–Kier alpha value is -3.04. The molecule has 3 aliphatic rings. The molecule has 9 nitrogen and oxygen atoms in total. The second-order valence-electron chi connectivity index (χ2n) is 11.4. The van der Waals surface area contributed by atoms with Gasteiger partial charge < -0.3 is 10.2 Å². The summed E-state index contributed by atoms with van der Waals surface area (Å²) >= 11 is 5.95. The van der Waals surface area contributed by atoms with Crippen LogP contribution in [0.1, 0.15) is 43.9 Å². The molecule has 2 fully saturated rings. The van der Waals surface area contributed by atoms with Gasteiger partial charge in [-0.2, -0.15) is 18.3 Å². The third-order valence-corrected chi connectivity index (χ3v) is 10.7. The number of fused-ring (bicyclic) bond motifs is 3. The van der Waals surface area contributed by atoms with Gasteiger partial charge in [0.2, 0.25) is 15.9 Å². The number of hydrogen-bond donors (Lipinski definition) is 2. The number of aromatic nitrogens is 3. The number of alkyl halides is 5. The molecule has 6 rings (SSSR count). The Morgan fingerprint density at radius 1 is 1.14 bits per heavy atom. The normalized spacial score (nSPS) is 26.9. The Labute approximate surface area is 242 Å². The Morgan fingerprint density at radius 3 is 2.43 bits per heavy atom. The first-order valence-corrected chi connectivity index (χ1v) is 15.1. The summed E-state index contributed by atoms with van der Waals surface area (Å²) in [6.45, 7) is 1.41. The van der Waals surface area contributed by atoms with Crippen molar-refractivity contribution in [1.82, 2.24) is 24.6 Å². The van der Waals surface area contributed by atoms with Crippen molar-refractivity contribution in [2.24, 2.45) is 5.41 Å². The maximum Gasteiger partial charge on any atom is 0.401 e. The van der Waals surface area contributed by atoms with Crippen LogP contribution in [0.5, 0.6) is 0 Å². The van der Waals surface area contributed by atoms with Crippen molar-refractivity contribution < 1.29 is 35.2 Å². The lowest BCUT2D eigenvalue weighted by Crippen LogP contribution is -2.43. The first-order chi connectivity index (χ1) is 19.5. The van der Waals surface area contributed by atoms with Crippen molar-refractivity contribution in [2.75, 3.05) is 24.5 Å². The van der Waals surface area contributed by atoms with Gasteiger partial charge >= 0.3 is 6.18 Å². The summed E-state index contributed by atoms with van der Waals surface area (Å²) < 4.78 is 101. The molecule has 1 amide bonds. The van der Waals surface area contributed by atoms with Crippen LogP contribution in [0.3, 0.4) is 0 Å². The summed E-state index contributed by atoms with van der Waals surface area (Å²) in [7, 11) is -3.47. The van der Waals surface area contributed by atoms with Gasteiger partial charge in [-0.15, -0.1) is 0 Å². The molecule has 0 radical (unpaired) electrons. The Balaban J connectivity index is 1.22. The van der Waals surface area contributed by atoms with Gasteiger partial charge in [-0.25, -0.2) is 31.4 Å². The van der Waals surface area contributed by atoms with Crippen LogP contribution in [0.25, 0.3) is 5.65 Å². The van der Waals surface area contributed by atoms with Crippen LogP contribution in [-0.2, 0) is 20.2 Å². The minimum Gasteiger partial charge on any atom is -0.354 e. The molecule has 0 unspecified atom stereocenters. The van der Waals surface area contributed by atoms with Gasteiger partial charge in [-0.05, 0) is 44.4 Å². The standard InChI is InChI=1S/C26H26ClF5N6O3S/c1-23(26(30,31)32)13-37(17-12-34-19-11-18(27)36-38(19)21(17)23)15-5-3-14(4-6-15)20-24(2,25(20,28)29)22(39)33-9-10-35-42(40,41)16-7-8-16/h3-6,11-12,16,20,35H,7-10,13H2,1-2H3,(H,33,39)/t20-,23-,24+/m1/s1. The van der Waals surface area contributed by atoms with E-state index in [1.165, 1.54) is 41.4 Å². The van der Waals surface area contributed by atoms with Crippen molar-refractivity contribution in [1.29, 1.82) is 0 Å². The van der Waals surface area contributed by atoms with E-state index < -0.39 is 56.6 Å². The van der Waals surface area contributed by atoms with E-state index in [9.17, 15) is 26.4 Å². The summed E-state index contributed by atoms with van der Waals surface area (Å²) in [6, 6.07) is 6.96. The quantitative estimate of drug-likeness (QED) is 0.283. The molecule has 2 aliphatic carbocycles. The highest BCUT2D eigenvalue weighted by molar-refractivity contribution is 7.90. The molecule has 2 N–H and O–H groups in total. The minimum atomic E-state index is -4.66. The van der Waals surface area contributed by atoms with Gasteiger partial charge in [0.05, 0.1) is 28.7 Å². The molecule has 1 aliphatic heterocycles. The molecule has 3 aromatic rings. The van der Waals surface area contributed by atoms with E-state index >= 15 is 8.78 Å². The lowest BCUT2D eigenvalue weighted by atomic mass is 9.87. The van der Waals surface area contributed by atoms with Crippen molar-refractivity contribution in [3.63, 3.8) is 0 Å². The largest absolute Gasteiger partial charge is 0.401 e. The van der Waals surface area contributed by atoms with Crippen LogP contribution in [0.2, 0.25) is 5.15 Å². The van der Waals surface area contributed by atoms with Crippen molar-refractivity contribution >= 4 is 44.6 Å². The monoisotopic (exact) mass is 632 g/mol. The van der Waals surface area contributed by atoms with Crippen molar-refractivity contribution in [2.45, 2.75) is 55.4 Å². The van der Waals surface area contributed by atoms with Gasteiger partial charge in [-0.1, -0.05) is 23.7 Å². The van der Waals surface area contributed by atoms with Gasteiger partial charge in [0.15, 0.2) is 10.8 Å². The van der Waals surface area contributed by atoms with E-state index in [1.54, 1.807) is 0 Å². The second kappa shape index (κ2) is 9.23. The second-order valence-corrected chi connectivity index (χ2v) is 13.8. The number of carbonyl (C=O) groups excluding carboxylic acids is 1. The lowest BCUT2D eigenvalue weighted by Gasteiger charge is -2.28. The summed E-state index contributed by atoms with van der Waals surface area (Å²) in [6.07, 6.45) is -2.22. The van der Waals surface area contributed by atoms with Crippen LogP contribution in [0.15, 0.2) is 36.5 Å². The molecule has 16 heteroatoms. The van der Waals surface area contributed by atoms with E-state index in [0.717, 1.165) is 18.4 Å². The molecule has 3 heterocycles. The smallest absolute Gasteiger partial charge is 0.354 e. The first-order valence-electron chi connectivity index (χ1n) is 13.2.